The molecule has 112 valence electrons. The number of aryl methyl sites for hydroxylation is 1. The van der Waals surface area contributed by atoms with Gasteiger partial charge in [0, 0.05) is 30.6 Å². The Kier molecular flexibility index (Phi) is 4.38. The van der Waals surface area contributed by atoms with Gasteiger partial charge in [-0.2, -0.15) is 0 Å². The van der Waals surface area contributed by atoms with Gasteiger partial charge in [-0.05, 0) is 26.3 Å². The van der Waals surface area contributed by atoms with E-state index in [-0.39, 0.29) is 0 Å². The second-order valence-corrected chi connectivity index (χ2v) is 6.77. The van der Waals surface area contributed by atoms with Crippen molar-refractivity contribution in [2.45, 2.75) is 39.5 Å². The molecule has 3 rings (SSSR count). The fourth-order valence-corrected chi connectivity index (χ4v) is 3.86. The maximum atomic E-state index is 5.78. The van der Waals surface area contributed by atoms with Crippen molar-refractivity contribution in [1.82, 2.24) is 9.88 Å². The molecule has 3 nitrogen and oxygen atoms in total. The van der Waals surface area contributed by atoms with Crippen LogP contribution in [-0.2, 0) is 11.3 Å². The molecule has 1 aliphatic heterocycles. The molecule has 0 N–H and O–H groups in total. The van der Waals surface area contributed by atoms with Crippen LogP contribution in [0.25, 0.3) is 10.6 Å². The third-order valence-electron chi connectivity index (χ3n) is 3.81. The van der Waals surface area contributed by atoms with Crippen LogP contribution in [0.1, 0.15) is 25.1 Å². The number of thiazole rings is 1. The van der Waals surface area contributed by atoms with Gasteiger partial charge >= 0.3 is 0 Å². The van der Waals surface area contributed by atoms with Gasteiger partial charge in [0.1, 0.15) is 5.01 Å². The number of hydrogen-bond donors (Lipinski definition) is 0. The molecule has 2 aromatic rings. The van der Waals surface area contributed by atoms with Crippen LogP contribution in [0.4, 0.5) is 0 Å². The van der Waals surface area contributed by atoms with Crippen LogP contribution in [-0.4, -0.2) is 35.2 Å². The molecule has 0 amide bonds. The Morgan fingerprint density at radius 1 is 1.24 bits per heavy atom. The summed E-state index contributed by atoms with van der Waals surface area (Å²) < 4.78 is 5.78. The molecule has 2 heterocycles. The van der Waals surface area contributed by atoms with E-state index in [1.165, 1.54) is 16.8 Å². The van der Waals surface area contributed by atoms with Crippen LogP contribution in [0.2, 0.25) is 0 Å². The molecule has 1 fully saturated rings. The van der Waals surface area contributed by atoms with E-state index in [2.05, 4.69) is 55.3 Å². The van der Waals surface area contributed by atoms with Crippen LogP contribution in [0.3, 0.4) is 0 Å². The molecule has 21 heavy (non-hydrogen) atoms. The molecule has 2 atom stereocenters. The molecule has 0 spiro atoms. The average molecular weight is 302 g/mol. The van der Waals surface area contributed by atoms with Gasteiger partial charge in [-0.1, -0.05) is 24.3 Å². The van der Waals surface area contributed by atoms with Gasteiger partial charge in [0.2, 0.25) is 0 Å². The minimum atomic E-state index is 0.309. The summed E-state index contributed by atoms with van der Waals surface area (Å²) in [5.41, 5.74) is 3.70. The fourth-order valence-electron chi connectivity index (χ4n) is 2.96. The molecule has 1 aromatic heterocycles. The average Bonchev–Trinajstić information content (AvgIpc) is 2.86. The maximum absolute atomic E-state index is 5.78. The van der Waals surface area contributed by atoms with Gasteiger partial charge in [0.05, 0.1) is 17.9 Å². The second kappa shape index (κ2) is 6.26. The van der Waals surface area contributed by atoms with Crippen molar-refractivity contribution in [2.24, 2.45) is 0 Å². The molecule has 0 unspecified atom stereocenters. The van der Waals surface area contributed by atoms with E-state index in [1.807, 2.05) is 0 Å². The Hall–Kier alpha value is -1.23. The first kappa shape index (κ1) is 14.7. The molecular formula is C17H22N2OS. The summed E-state index contributed by atoms with van der Waals surface area (Å²) in [6.45, 7) is 9.32. The molecule has 1 saturated heterocycles. The minimum absolute atomic E-state index is 0.309. The second-order valence-electron chi connectivity index (χ2n) is 5.91. The van der Waals surface area contributed by atoms with E-state index < -0.39 is 0 Å². The van der Waals surface area contributed by atoms with Crippen molar-refractivity contribution in [3.05, 3.63) is 40.9 Å². The molecule has 0 radical (unpaired) electrons. The standard InChI is InChI=1S/C17H22N2OS/c1-12-6-4-5-7-16(12)17-18-15(11-21-17)10-19-8-13(2)20-14(3)9-19/h4-7,11,13-14H,8-10H2,1-3H3/t13-,14+. The van der Waals surface area contributed by atoms with E-state index in [9.17, 15) is 0 Å². The number of nitrogens with zero attached hydrogens (tertiary/aromatic N) is 2. The van der Waals surface area contributed by atoms with Gasteiger partial charge < -0.3 is 4.74 Å². The Balaban J connectivity index is 1.72. The molecule has 4 heteroatoms. The van der Waals surface area contributed by atoms with Gasteiger partial charge in [-0.15, -0.1) is 11.3 Å². The maximum Gasteiger partial charge on any atom is 0.123 e. The topological polar surface area (TPSA) is 25.4 Å². The predicted molar refractivity (Wildman–Crippen MR) is 87.6 cm³/mol. The van der Waals surface area contributed by atoms with Gasteiger partial charge in [-0.25, -0.2) is 4.98 Å². The van der Waals surface area contributed by atoms with E-state index in [0.717, 1.165) is 24.6 Å². The molecular weight excluding hydrogens is 280 g/mol. The lowest BCUT2D eigenvalue weighted by Gasteiger charge is -2.34. The van der Waals surface area contributed by atoms with Crippen LogP contribution in [0.15, 0.2) is 29.6 Å². The molecule has 0 bridgehead atoms. The monoisotopic (exact) mass is 302 g/mol. The van der Waals surface area contributed by atoms with E-state index in [1.54, 1.807) is 11.3 Å². The minimum Gasteiger partial charge on any atom is -0.373 e. The van der Waals surface area contributed by atoms with Crippen molar-refractivity contribution < 1.29 is 4.74 Å². The molecule has 1 aromatic carbocycles. The summed E-state index contributed by atoms with van der Waals surface area (Å²) in [4.78, 5) is 7.26. The smallest absolute Gasteiger partial charge is 0.123 e. The van der Waals surface area contributed by atoms with E-state index >= 15 is 0 Å². The lowest BCUT2D eigenvalue weighted by Crippen LogP contribution is -2.44. The van der Waals surface area contributed by atoms with Crippen molar-refractivity contribution >= 4 is 11.3 Å². The van der Waals surface area contributed by atoms with Crippen LogP contribution in [0.5, 0.6) is 0 Å². The highest BCUT2D eigenvalue weighted by Gasteiger charge is 2.22. The van der Waals surface area contributed by atoms with Gasteiger partial charge in [0.25, 0.3) is 0 Å². The summed E-state index contributed by atoms with van der Waals surface area (Å²) in [7, 11) is 0. The Labute approximate surface area is 130 Å². The summed E-state index contributed by atoms with van der Waals surface area (Å²) in [5, 5.41) is 3.31. The third kappa shape index (κ3) is 3.51. The SMILES string of the molecule is Cc1ccccc1-c1nc(CN2C[C@@H](C)O[C@@H](C)C2)cs1. The first-order valence-electron chi connectivity index (χ1n) is 7.50. The Morgan fingerprint density at radius 3 is 2.67 bits per heavy atom. The predicted octanol–water partition coefficient (Wildman–Crippen LogP) is 3.73. The zero-order valence-corrected chi connectivity index (χ0v) is 13.7. The van der Waals surface area contributed by atoms with Crippen LogP contribution >= 0.6 is 11.3 Å². The summed E-state index contributed by atoms with van der Waals surface area (Å²) in [6, 6.07) is 8.44. The van der Waals surface area contributed by atoms with Crippen LogP contribution in [0, 0.1) is 6.92 Å². The van der Waals surface area contributed by atoms with Gasteiger partial charge in [0.15, 0.2) is 0 Å². The number of ether oxygens (including phenoxy) is 1. The van der Waals surface area contributed by atoms with Crippen molar-refractivity contribution in [2.75, 3.05) is 13.1 Å². The highest BCUT2D eigenvalue weighted by atomic mass is 32.1. The summed E-state index contributed by atoms with van der Waals surface area (Å²) >= 11 is 1.74. The summed E-state index contributed by atoms with van der Waals surface area (Å²) in [5.74, 6) is 0. The zero-order chi connectivity index (χ0) is 14.8. The van der Waals surface area contributed by atoms with Gasteiger partial charge in [-0.3, -0.25) is 4.90 Å². The molecule has 0 saturated carbocycles. The number of morpholine rings is 1. The van der Waals surface area contributed by atoms with Crippen LogP contribution < -0.4 is 0 Å². The lowest BCUT2D eigenvalue weighted by molar-refractivity contribution is -0.0707. The van der Waals surface area contributed by atoms with Crippen molar-refractivity contribution in [3.8, 4) is 10.6 Å². The van der Waals surface area contributed by atoms with Crippen molar-refractivity contribution in [3.63, 3.8) is 0 Å². The number of hydrogen-bond acceptors (Lipinski definition) is 4. The lowest BCUT2D eigenvalue weighted by atomic mass is 10.1. The van der Waals surface area contributed by atoms with Crippen molar-refractivity contribution in [1.29, 1.82) is 0 Å². The van der Waals surface area contributed by atoms with E-state index in [4.69, 9.17) is 9.72 Å². The fraction of sp³-hybridized carbons (Fsp3) is 0.471. The zero-order valence-electron chi connectivity index (χ0n) is 12.9. The number of benzene rings is 1. The Bertz CT molecular complexity index is 600. The first-order chi connectivity index (χ1) is 10.1. The normalized spacial score (nSPS) is 23.4. The summed E-state index contributed by atoms with van der Waals surface area (Å²) in [6.07, 6.45) is 0.617. The highest BCUT2D eigenvalue weighted by molar-refractivity contribution is 7.13. The quantitative estimate of drug-likeness (QED) is 0.864. The molecule has 1 aliphatic rings. The highest BCUT2D eigenvalue weighted by Crippen LogP contribution is 2.27. The number of rotatable bonds is 3. The first-order valence-corrected chi connectivity index (χ1v) is 8.38. The number of aromatic nitrogens is 1. The van der Waals surface area contributed by atoms with E-state index in [0.29, 0.717) is 12.2 Å². The largest absolute Gasteiger partial charge is 0.373 e. The Morgan fingerprint density at radius 2 is 1.95 bits per heavy atom. The molecule has 0 aliphatic carbocycles. The third-order valence-corrected chi connectivity index (χ3v) is 4.73.